The third-order valence-electron chi connectivity index (χ3n) is 4.15. The van der Waals surface area contributed by atoms with E-state index in [1.807, 2.05) is 18.3 Å². The van der Waals surface area contributed by atoms with Gasteiger partial charge in [-0.2, -0.15) is 0 Å². The summed E-state index contributed by atoms with van der Waals surface area (Å²) >= 11 is 0. The second-order valence-corrected chi connectivity index (χ2v) is 8.33. The lowest BCUT2D eigenvalue weighted by Crippen LogP contribution is -2.17. The number of anilines is 1. The molecule has 0 atom stereocenters. The van der Waals surface area contributed by atoms with Crippen LogP contribution in [0.2, 0.25) is 0 Å². The molecule has 3 N–H and O–H groups in total. The Kier molecular flexibility index (Phi) is 3.87. The van der Waals surface area contributed by atoms with Crippen molar-refractivity contribution in [3.05, 3.63) is 48.7 Å². The molecule has 3 aromatic rings. The first-order valence-electron chi connectivity index (χ1n) is 8.14. The van der Waals surface area contributed by atoms with Crippen molar-refractivity contribution in [2.75, 3.05) is 4.72 Å². The van der Waals surface area contributed by atoms with E-state index in [0.29, 0.717) is 29.9 Å². The van der Waals surface area contributed by atoms with Gasteiger partial charge in [0, 0.05) is 29.7 Å². The van der Waals surface area contributed by atoms with Gasteiger partial charge >= 0.3 is 0 Å². The molecule has 4 rings (SSSR count). The van der Waals surface area contributed by atoms with Crippen LogP contribution in [0, 0.1) is 0 Å². The number of imidazole rings is 1. The normalized spacial score (nSPS) is 14.5. The van der Waals surface area contributed by atoms with Crippen LogP contribution in [0.5, 0.6) is 0 Å². The molecule has 1 aliphatic carbocycles. The highest BCUT2D eigenvalue weighted by molar-refractivity contribution is 7.93. The zero-order valence-electron chi connectivity index (χ0n) is 13.8. The van der Waals surface area contributed by atoms with E-state index in [1.165, 1.54) is 6.20 Å². The van der Waals surface area contributed by atoms with Gasteiger partial charge in [0.25, 0.3) is 0 Å². The summed E-state index contributed by atoms with van der Waals surface area (Å²) in [5.41, 5.74) is 8.56. The molecule has 0 aromatic carbocycles. The smallest absolute Gasteiger partial charge is 0.235 e. The fourth-order valence-corrected chi connectivity index (χ4v) is 4.12. The molecule has 9 heteroatoms. The van der Waals surface area contributed by atoms with Gasteiger partial charge in [0.2, 0.25) is 15.9 Å². The highest BCUT2D eigenvalue weighted by atomic mass is 32.2. The maximum Gasteiger partial charge on any atom is 0.235 e. The van der Waals surface area contributed by atoms with Crippen LogP contribution in [-0.4, -0.2) is 33.9 Å². The number of fused-ring (bicyclic) bond motifs is 1. The minimum atomic E-state index is -3.33. The highest BCUT2D eigenvalue weighted by Gasteiger charge is 2.35. The number of hydrogen-bond acceptors (Lipinski definition) is 5. The fraction of sp³-hybridized carbons (Fsp3) is 0.235. The first-order valence-corrected chi connectivity index (χ1v) is 9.68. The van der Waals surface area contributed by atoms with Crippen molar-refractivity contribution < 1.29 is 13.2 Å². The number of sulfonamides is 1. The fourth-order valence-electron chi connectivity index (χ4n) is 2.76. The van der Waals surface area contributed by atoms with E-state index in [4.69, 9.17) is 5.73 Å². The van der Waals surface area contributed by atoms with Gasteiger partial charge < -0.3 is 10.1 Å². The van der Waals surface area contributed by atoms with Crippen molar-refractivity contribution in [1.82, 2.24) is 14.4 Å². The lowest BCUT2D eigenvalue weighted by atomic mass is 10.1. The molecule has 0 saturated heterocycles. The Labute approximate surface area is 150 Å². The lowest BCUT2D eigenvalue weighted by Gasteiger charge is -2.08. The van der Waals surface area contributed by atoms with Crippen LogP contribution >= 0.6 is 0 Å². The van der Waals surface area contributed by atoms with E-state index >= 15 is 0 Å². The number of pyridine rings is 2. The van der Waals surface area contributed by atoms with Gasteiger partial charge in [-0.05, 0) is 31.0 Å². The third-order valence-corrected chi connectivity index (χ3v) is 6.02. The van der Waals surface area contributed by atoms with Gasteiger partial charge in [-0.25, -0.2) is 13.4 Å². The Balaban J connectivity index is 1.64. The second kappa shape index (κ2) is 6.10. The molecule has 134 valence electrons. The Bertz CT molecular complexity index is 1100. The molecule has 0 radical (unpaired) electrons. The van der Waals surface area contributed by atoms with E-state index in [9.17, 15) is 13.2 Å². The quantitative estimate of drug-likeness (QED) is 0.677. The molecule has 1 aliphatic rings. The summed E-state index contributed by atoms with van der Waals surface area (Å²) in [6.07, 6.45) is 8.24. The predicted octanol–water partition coefficient (Wildman–Crippen LogP) is 1.33. The number of aromatic nitrogens is 3. The van der Waals surface area contributed by atoms with Crippen LogP contribution in [0.1, 0.15) is 18.5 Å². The van der Waals surface area contributed by atoms with Crippen LogP contribution in [0.3, 0.4) is 0 Å². The monoisotopic (exact) mass is 371 g/mol. The first kappa shape index (κ1) is 16.5. The summed E-state index contributed by atoms with van der Waals surface area (Å²) in [6, 6.07) is 5.43. The summed E-state index contributed by atoms with van der Waals surface area (Å²) in [4.78, 5) is 19.5. The molecule has 0 aliphatic heterocycles. The van der Waals surface area contributed by atoms with E-state index in [2.05, 4.69) is 14.7 Å². The zero-order valence-corrected chi connectivity index (χ0v) is 14.6. The van der Waals surface area contributed by atoms with Crippen LogP contribution in [-0.2, 0) is 21.2 Å². The standard InChI is InChI=1S/C17H17N5O3S/c18-16(23)6-14-10-22-9-11(1-4-17(22)20-14)12-5-13(8-19-7-12)21-26(24,25)15-2-3-15/h1,4-5,7-10,15,21H,2-3,6H2,(H2,18,23). The van der Waals surface area contributed by atoms with Crippen LogP contribution in [0.25, 0.3) is 16.8 Å². The number of hydrogen-bond donors (Lipinski definition) is 2. The van der Waals surface area contributed by atoms with Crippen molar-refractivity contribution in [1.29, 1.82) is 0 Å². The summed E-state index contributed by atoms with van der Waals surface area (Å²) in [7, 11) is -3.33. The highest BCUT2D eigenvalue weighted by Crippen LogP contribution is 2.30. The molecule has 26 heavy (non-hydrogen) atoms. The number of nitrogens with two attached hydrogens (primary N) is 1. The van der Waals surface area contributed by atoms with E-state index in [0.717, 1.165) is 11.1 Å². The molecule has 3 heterocycles. The predicted molar refractivity (Wildman–Crippen MR) is 96.9 cm³/mol. The largest absolute Gasteiger partial charge is 0.369 e. The average Bonchev–Trinajstić information content (AvgIpc) is 3.36. The van der Waals surface area contributed by atoms with Crippen molar-refractivity contribution in [3.63, 3.8) is 0 Å². The van der Waals surface area contributed by atoms with Crippen molar-refractivity contribution in [3.8, 4) is 11.1 Å². The van der Waals surface area contributed by atoms with E-state index in [1.54, 1.807) is 22.9 Å². The SMILES string of the molecule is NC(=O)Cc1cn2cc(-c3cncc(NS(=O)(=O)C4CC4)c3)ccc2n1. The van der Waals surface area contributed by atoms with Crippen molar-refractivity contribution >= 4 is 27.3 Å². The van der Waals surface area contributed by atoms with Crippen molar-refractivity contribution in [2.45, 2.75) is 24.5 Å². The summed E-state index contributed by atoms with van der Waals surface area (Å²) < 4.78 is 28.6. The first-order chi connectivity index (χ1) is 12.4. The van der Waals surface area contributed by atoms with Crippen LogP contribution < -0.4 is 10.5 Å². The Morgan fingerprint density at radius 3 is 2.77 bits per heavy atom. The number of carbonyl (C=O) groups is 1. The molecule has 1 amide bonds. The van der Waals surface area contributed by atoms with Gasteiger partial charge in [-0.3, -0.25) is 14.5 Å². The number of primary amides is 1. The number of carbonyl (C=O) groups excluding carboxylic acids is 1. The summed E-state index contributed by atoms with van der Waals surface area (Å²) in [5.74, 6) is -0.437. The van der Waals surface area contributed by atoms with Crippen LogP contribution in [0.15, 0.2) is 43.0 Å². The molecule has 0 spiro atoms. The molecule has 1 fully saturated rings. The molecular weight excluding hydrogens is 354 g/mol. The Morgan fingerprint density at radius 2 is 2.04 bits per heavy atom. The molecule has 1 saturated carbocycles. The number of amides is 1. The molecule has 0 bridgehead atoms. The maximum atomic E-state index is 12.1. The maximum absolute atomic E-state index is 12.1. The average molecular weight is 371 g/mol. The minimum absolute atomic E-state index is 0.0804. The van der Waals surface area contributed by atoms with Gasteiger partial charge in [-0.15, -0.1) is 0 Å². The minimum Gasteiger partial charge on any atom is -0.369 e. The van der Waals surface area contributed by atoms with Gasteiger partial charge in [0.1, 0.15) is 5.65 Å². The van der Waals surface area contributed by atoms with Gasteiger partial charge in [0.05, 0.1) is 29.2 Å². The molecule has 0 unspecified atom stereocenters. The molecule has 8 nitrogen and oxygen atoms in total. The topological polar surface area (TPSA) is 119 Å². The zero-order chi connectivity index (χ0) is 18.3. The summed E-state index contributed by atoms with van der Waals surface area (Å²) in [5, 5.41) is -0.294. The Hall–Kier alpha value is -2.94. The van der Waals surface area contributed by atoms with E-state index in [-0.39, 0.29) is 11.7 Å². The number of rotatable bonds is 6. The van der Waals surface area contributed by atoms with Gasteiger partial charge in [-0.1, -0.05) is 0 Å². The number of nitrogens with zero attached hydrogens (tertiary/aromatic N) is 3. The number of nitrogens with one attached hydrogen (secondary N) is 1. The lowest BCUT2D eigenvalue weighted by molar-refractivity contribution is -0.117. The van der Waals surface area contributed by atoms with E-state index < -0.39 is 15.9 Å². The Morgan fingerprint density at radius 1 is 1.23 bits per heavy atom. The van der Waals surface area contributed by atoms with Crippen molar-refractivity contribution in [2.24, 2.45) is 5.73 Å². The summed E-state index contributed by atoms with van der Waals surface area (Å²) in [6.45, 7) is 0. The van der Waals surface area contributed by atoms with Gasteiger partial charge in [0.15, 0.2) is 0 Å². The third kappa shape index (κ3) is 3.38. The molecule has 3 aromatic heterocycles. The molecular formula is C17H17N5O3S. The second-order valence-electron chi connectivity index (χ2n) is 6.37. The van der Waals surface area contributed by atoms with Crippen LogP contribution in [0.4, 0.5) is 5.69 Å².